The van der Waals surface area contributed by atoms with Crippen molar-refractivity contribution < 1.29 is 18.7 Å². The summed E-state index contributed by atoms with van der Waals surface area (Å²) in [6.07, 6.45) is 4.34. The molecule has 25 heavy (non-hydrogen) atoms. The molecule has 0 fully saturated rings. The third-order valence-electron chi connectivity index (χ3n) is 4.28. The van der Waals surface area contributed by atoms with Crippen LogP contribution in [0.2, 0.25) is 0 Å². The van der Waals surface area contributed by atoms with E-state index in [1.165, 1.54) is 33.9 Å². The number of hydrogen-bond acceptors (Lipinski definition) is 4. The molecule has 1 atom stereocenters. The van der Waals surface area contributed by atoms with Crippen molar-refractivity contribution in [2.45, 2.75) is 38.6 Å². The van der Waals surface area contributed by atoms with Crippen LogP contribution in [0.1, 0.15) is 51.5 Å². The van der Waals surface area contributed by atoms with Crippen LogP contribution < -0.4 is 5.32 Å². The van der Waals surface area contributed by atoms with Gasteiger partial charge >= 0.3 is 5.97 Å². The molecule has 0 saturated carbocycles. The molecule has 1 aromatic carbocycles. The van der Waals surface area contributed by atoms with Gasteiger partial charge in [-0.25, -0.2) is 9.18 Å². The van der Waals surface area contributed by atoms with E-state index >= 15 is 0 Å². The maximum absolute atomic E-state index is 12.9. The van der Waals surface area contributed by atoms with E-state index in [1.54, 1.807) is 19.1 Å². The van der Waals surface area contributed by atoms with Gasteiger partial charge in [0.1, 0.15) is 10.7 Å². The minimum atomic E-state index is -0.455. The van der Waals surface area contributed by atoms with Crippen molar-refractivity contribution in [1.29, 1.82) is 0 Å². The summed E-state index contributed by atoms with van der Waals surface area (Å²) in [6, 6.07) is 7.51. The Morgan fingerprint density at radius 3 is 2.68 bits per heavy atom. The van der Waals surface area contributed by atoms with E-state index in [1.807, 2.05) is 6.07 Å². The largest absolute Gasteiger partial charge is 0.451 e. The number of benzene rings is 1. The Labute approximate surface area is 150 Å². The summed E-state index contributed by atoms with van der Waals surface area (Å²) in [5.74, 6) is -1.16. The molecule has 2 aromatic rings. The minimum absolute atomic E-state index is 0.291. The van der Waals surface area contributed by atoms with Gasteiger partial charge in [-0.3, -0.25) is 4.79 Å². The van der Waals surface area contributed by atoms with Gasteiger partial charge in [0, 0.05) is 4.88 Å². The number of rotatable bonds is 5. The van der Waals surface area contributed by atoms with Gasteiger partial charge in [0.15, 0.2) is 6.61 Å². The van der Waals surface area contributed by atoms with E-state index < -0.39 is 5.97 Å². The van der Waals surface area contributed by atoms with Gasteiger partial charge in [-0.1, -0.05) is 12.1 Å². The van der Waals surface area contributed by atoms with Crippen molar-refractivity contribution in [1.82, 2.24) is 5.32 Å². The predicted molar refractivity (Wildman–Crippen MR) is 94.2 cm³/mol. The van der Waals surface area contributed by atoms with Gasteiger partial charge < -0.3 is 10.1 Å². The van der Waals surface area contributed by atoms with E-state index in [-0.39, 0.29) is 24.4 Å². The van der Waals surface area contributed by atoms with Gasteiger partial charge in [0.2, 0.25) is 0 Å². The fraction of sp³-hybridized carbons (Fsp3) is 0.368. The average molecular weight is 361 g/mol. The van der Waals surface area contributed by atoms with Crippen LogP contribution >= 0.6 is 11.3 Å². The molecular formula is C19H20FNO3S. The molecule has 1 aliphatic rings. The highest BCUT2D eigenvalue weighted by atomic mass is 32.1. The number of carbonyl (C=O) groups excluding carboxylic acids is 2. The minimum Gasteiger partial charge on any atom is -0.451 e. The highest BCUT2D eigenvalue weighted by Gasteiger charge is 2.19. The fourth-order valence-corrected chi connectivity index (χ4v) is 4.06. The first-order valence-electron chi connectivity index (χ1n) is 8.36. The zero-order valence-corrected chi connectivity index (χ0v) is 14.8. The summed E-state index contributed by atoms with van der Waals surface area (Å²) in [6.45, 7) is 1.47. The number of esters is 1. The number of thiophene rings is 1. The summed E-state index contributed by atoms with van der Waals surface area (Å²) in [4.78, 5) is 25.9. The number of halogens is 1. The normalized spacial score (nSPS) is 14.5. The van der Waals surface area contributed by atoms with Crippen molar-refractivity contribution in [2.75, 3.05) is 6.61 Å². The summed E-state index contributed by atoms with van der Waals surface area (Å²) in [5, 5.41) is 2.74. The smallest absolute Gasteiger partial charge is 0.348 e. The number of nitrogens with one attached hydrogen (secondary N) is 1. The molecule has 1 N–H and O–H groups in total. The molecule has 3 rings (SSSR count). The molecule has 0 bridgehead atoms. The Morgan fingerprint density at radius 2 is 1.96 bits per heavy atom. The number of aryl methyl sites for hydroxylation is 2. The van der Waals surface area contributed by atoms with E-state index in [9.17, 15) is 14.0 Å². The molecule has 0 aliphatic heterocycles. The van der Waals surface area contributed by atoms with Crippen LogP contribution in [0.4, 0.5) is 4.39 Å². The van der Waals surface area contributed by atoms with Crippen LogP contribution in [0.5, 0.6) is 0 Å². The van der Waals surface area contributed by atoms with Crippen molar-refractivity contribution >= 4 is 23.2 Å². The molecule has 0 radical (unpaired) electrons. The van der Waals surface area contributed by atoms with Crippen LogP contribution in [0.25, 0.3) is 0 Å². The van der Waals surface area contributed by atoms with Crippen molar-refractivity contribution in [3.05, 3.63) is 57.0 Å². The molecule has 1 aromatic heterocycles. The maximum Gasteiger partial charge on any atom is 0.348 e. The van der Waals surface area contributed by atoms with Gasteiger partial charge in [-0.2, -0.15) is 0 Å². The fourth-order valence-electron chi connectivity index (χ4n) is 2.91. The summed E-state index contributed by atoms with van der Waals surface area (Å²) in [5.41, 5.74) is 2.02. The van der Waals surface area contributed by atoms with Gasteiger partial charge in [0.05, 0.1) is 6.04 Å². The molecule has 1 heterocycles. The third-order valence-corrected chi connectivity index (χ3v) is 5.50. The lowest BCUT2D eigenvalue weighted by molar-refractivity contribution is -0.124. The first-order valence-corrected chi connectivity index (χ1v) is 9.18. The zero-order chi connectivity index (χ0) is 17.8. The predicted octanol–water partition coefficient (Wildman–Crippen LogP) is 3.80. The first kappa shape index (κ1) is 17.6. The average Bonchev–Trinajstić information content (AvgIpc) is 3.04. The van der Waals surface area contributed by atoms with E-state index in [4.69, 9.17) is 4.74 Å². The maximum atomic E-state index is 12.9. The molecular weight excluding hydrogens is 341 g/mol. The first-order chi connectivity index (χ1) is 12.0. The van der Waals surface area contributed by atoms with Crippen LogP contribution in [0.3, 0.4) is 0 Å². The highest BCUT2D eigenvalue weighted by molar-refractivity contribution is 7.14. The van der Waals surface area contributed by atoms with E-state index in [0.717, 1.165) is 31.2 Å². The molecule has 0 unspecified atom stereocenters. The van der Waals surface area contributed by atoms with Crippen LogP contribution in [-0.2, 0) is 22.4 Å². The number of amides is 1. The Kier molecular flexibility index (Phi) is 5.48. The zero-order valence-electron chi connectivity index (χ0n) is 14.0. The Balaban J connectivity index is 1.50. The topological polar surface area (TPSA) is 55.4 Å². The molecule has 1 amide bonds. The lowest BCUT2D eigenvalue weighted by Crippen LogP contribution is -2.31. The number of carbonyl (C=O) groups is 2. The molecule has 4 nitrogen and oxygen atoms in total. The standard InChI is InChI=1S/C19H20FNO3S/c1-12(13-6-8-15(20)9-7-13)21-18(22)11-24-19(23)17-10-14-4-2-3-5-16(14)25-17/h6-10,12H,2-5,11H2,1H3,(H,21,22)/t12-/m0/s1. The van der Waals surface area contributed by atoms with Crippen molar-refractivity contribution in [3.8, 4) is 0 Å². The SMILES string of the molecule is C[C@H](NC(=O)COC(=O)c1cc2c(s1)CCCC2)c1ccc(F)cc1. The third kappa shape index (κ3) is 4.45. The number of ether oxygens (including phenoxy) is 1. The van der Waals surface area contributed by atoms with Crippen LogP contribution in [-0.4, -0.2) is 18.5 Å². The molecule has 1 aliphatic carbocycles. The second-order valence-electron chi connectivity index (χ2n) is 6.18. The van der Waals surface area contributed by atoms with Crippen LogP contribution in [0, 0.1) is 5.82 Å². The van der Waals surface area contributed by atoms with Crippen molar-refractivity contribution in [3.63, 3.8) is 0 Å². The molecule has 0 spiro atoms. The summed E-state index contributed by atoms with van der Waals surface area (Å²) < 4.78 is 18.0. The lowest BCUT2D eigenvalue weighted by Gasteiger charge is -2.14. The Hall–Kier alpha value is -2.21. The quantitative estimate of drug-likeness (QED) is 0.824. The van der Waals surface area contributed by atoms with Crippen molar-refractivity contribution in [2.24, 2.45) is 0 Å². The molecule has 6 heteroatoms. The number of hydrogen-bond donors (Lipinski definition) is 1. The van der Waals surface area contributed by atoms with Gasteiger partial charge in [-0.05, 0) is 61.9 Å². The van der Waals surface area contributed by atoms with E-state index in [2.05, 4.69) is 5.32 Å². The second kappa shape index (κ2) is 7.78. The Bertz CT molecular complexity index is 746. The highest BCUT2D eigenvalue weighted by Crippen LogP contribution is 2.30. The Morgan fingerprint density at radius 1 is 1.24 bits per heavy atom. The van der Waals surface area contributed by atoms with Crippen LogP contribution in [0.15, 0.2) is 30.3 Å². The van der Waals surface area contributed by atoms with Gasteiger partial charge in [-0.15, -0.1) is 11.3 Å². The molecule has 0 saturated heterocycles. The van der Waals surface area contributed by atoms with Gasteiger partial charge in [0.25, 0.3) is 5.91 Å². The second-order valence-corrected chi connectivity index (χ2v) is 7.32. The number of fused-ring (bicyclic) bond motifs is 1. The lowest BCUT2D eigenvalue weighted by atomic mass is 9.99. The molecule has 132 valence electrons. The summed E-state index contributed by atoms with van der Waals surface area (Å²) in [7, 11) is 0. The van der Waals surface area contributed by atoms with E-state index in [0.29, 0.717) is 4.88 Å². The summed E-state index contributed by atoms with van der Waals surface area (Å²) >= 11 is 1.47. The monoisotopic (exact) mass is 361 g/mol.